The molecular weight excluding hydrogens is 701 g/mol. The number of hydrogen-bond donors (Lipinski definition) is 2. The summed E-state index contributed by atoms with van der Waals surface area (Å²) >= 11 is 0. The van der Waals surface area contributed by atoms with Gasteiger partial charge in [0, 0.05) is 37.4 Å². The van der Waals surface area contributed by atoms with Crippen LogP contribution in [0.2, 0.25) is 18.1 Å². The van der Waals surface area contributed by atoms with E-state index in [0.29, 0.717) is 25.3 Å². The maximum absolute atomic E-state index is 13.3. The monoisotopic (exact) mass is 762 g/mol. The number of allylic oxidation sites excluding steroid dienone is 3. The number of amides is 1. The van der Waals surface area contributed by atoms with Gasteiger partial charge in [-0.3, -0.25) is 14.3 Å². The van der Waals surface area contributed by atoms with Gasteiger partial charge in [0.2, 0.25) is 0 Å². The zero-order chi connectivity index (χ0) is 39.0. The number of rotatable bonds is 16. The molecule has 54 heavy (non-hydrogen) atoms. The first kappa shape index (κ1) is 41.4. The summed E-state index contributed by atoms with van der Waals surface area (Å²) in [7, 11) is -2.02. The molecule has 0 saturated carbocycles. The summed E-state index contributed by atoms with van der Waals surface area (Å²) in [4.78, 5) is 36.7. The van der Waals surface area contributed by atoms with Crippen LogP contribution in [0.25, 0.3) is 11.3 Å². The fraction of sp³-hybridized carbons (Fsp3) is 0.643. The predicted octanol–water partition coefficient (Wildman–Crippen LogP) is 8.86. The third kappa shape index (κ3) is 11.4. The standard InChI is InChI=1S/C42H62N4O7Si/c1-28-22-32-16-13-29(2)35(20-19-33-24-34(25-39(49)51-33)53-54(6,7)42(3,4)5)40(32)37(23-28)52-41(50)43-26-30-14-17-31(18-15-30)36-27-46(45-44-36)21-11-9-8-10-12-38(47)48/h13-18,22,27-29,33-35,37,40H,8-12,19-21,23-26H2,1-7H3,(H,43,50)(H,47,48)/t28-,29-,33+,34+,35-,37-,40-/m0/s1. The molecular formula is C42H62N4O7Si. The Hall–Kier alpha value is -3.77. The average molecular weight is 763 g/mol. The van der Waals surface area contributed by atoms with Gasteiger partial charge in [-0.1, -0.05) is 95.2 Å². The van der Waals surface area contributed by atoms with Gasteiger partial charge in [0.05, 0.1) is 18.7 Å². The molecule has 2 aliphatic carbocycles. The highest BCUT2D eigenvalue weighted by Gasteiger charge is 2.44. The molecule has 296 valence electrons. The van der Waals surface area contributed by atoms with Crippen LogP contribution in [0.3, 0.4) is 0 Å². The van der Waals surface area contributed by atoms with E-state index in [1.807, 2.05) is 35.1 Å². The van der Waals surface area contributed by atoms with Crippen LogP contribution < -0.4 is 5.32 Å². The quantitative estimate of drug-likeness (QED) is 0.0975. The molecule has 1 aliphatic heterocycles. The van der Waals surface area contributed by atoms with Gasteiger partial charge in [-0.15, -0.1) is 5.10 Å². The van der Waals surface area contributed by atoms with Crippen LogP contribution in [-0.4, -0.2) is 64.8 Å². The van der Waals surface area contributed by atoms with Crippen LogP contribution in [0.4, 0.5) is 4.79 Å². The van der Waals surface area contributed by atoms with E-state index >= 15 is 0 Å². The van der Waals surface area contributed by atoms with E-state index in [9.17, 15) is 14.4 Å². The van der Waals surface area contributed by atoms with Gasteiger partial charge in [-0.05, 0) is 79.1 Å². The lowest BCUT2D eigenvalue weighted by atomic mass is 9.65. The van der Waals surface area contributed by atoms with Crippen molar-refractivity contribution in [3.8, 4) is 11.3 Å². The first-order chi connectivity index (χ1) is 25.6. The Morgan fingerprint density at radius 3 is 2.52 bits per heavy atom. The minimum absolute atomic E-state index is 0.0688. The van der Waals surface area contributed by atoms with Crippen LogP contribution in [-0.2, 0) is 36.6 Å². The van der Waals surface area contributed by atoms with Crippen molar-refractivity contribution in [3.05, 3.63) is 59.8 Å². The SMILES string of the molecule is C[C@H]1C=C2C=C[C@H](C)[C@H](CC[C@@H]3C[C@@H](O[Si](C)(C)C(C)(C)C)CC(=O)O3)[C@H]2[C@@H](OC(=O)NCc2ccc(-c3cn(CCCCCCC(=O)O)nn3)cc2)C1. The van der Waals surface area contributed by atoms with Crippen LogP contribution in [0.1, 0.15) is 104 Å². The van der Waals surface area contributed by atoms with E-state index in [2.05, 4.69) is 81.6 Å². The second kappa shape index (κ2) is 18.2. The number of unbranched alkanes of at least 4 members (excludes halogenated alkanes) is 3. The van der Waals surface area contributed by atoms with Gasteiger partial charge in [0.25, 0.3) is 0 Å². The van der Waals surface area contributed by atoms with E-state index in [0.717, 1.165) is 68.3 Å². The summed E-state index contributed by atoms with van der Waals surface area (Å²) in [5, 5.41) is 20.4. The number of fused-ring (bicyclic) bond motifs is 1. The van der Waals surface area contributed by atoms with Crippen LogP contribution in [0.15, 0.2) is 54.3 Å². The molecule has 0 unspecified atom stereocenters. The molecule has 1 fully saturated rings. The average Bonchev–Trinajstić information content (AvgIpc) is 3.56. The Morgan fingerprint density at radius 1 is 1.06 bits per heavy atom. The molecule has 1 aromatic carbocycles. The number of cyclic esters (lactones) is 1. The summed E-state index contributed by atoms with van der Waals surface area (Å²) in [6.07, 6.45) is 14.9. The third-order valence-electron chi connectivity index (χ3n) is 11.9. The van der Waals surface area contributed by atoms with Gasteiger partial charge in [-0.2, -0.15) is 0 Å². The first-order valence-corrected chi connectivity index (χ1v) is 22.9. The summed E-state index contributed by atoms with van der Waals surface area (Å²) in [6.45, 7) is 16.6. The highest BCUT2D eigenvalue weighted by molar-refractivity contribution is 6.74. The van der Waals surface area contributed by atoms with Crippen LogP contribution >= 0.6 is 0 Å². The molecule has 7 atom stereocenters. The summed E-state index contributed by atoms with van der Waals surface area (Å²) in [5.41, 5.74) is 3.91. The number of esters is 1. The van der Waals surface area contributed by atoms with Crippen molar-refractivity contribution in [3.63, 3.8) is 0 Å². The van der Waals surface area contributed by atoms with Crippen molar-refractivity contribution in [2.75, 3.05) is 0 Å². The number of aliphatic carboxylic acids is 1. The van der Waals surface area contributed by atoms with Crippen LogP contribution in [0.5, 0.6) is 0 Å². The zero-order valence-electron chi connectivity index (χ0n) is 33.4. The molecule has 0 radical (unpaired) electrons. The van der Waals surface area contributed by atoms with E-state index in [-0.39, 0.29) is 53.5 Å². The largest absolute Gasteiger partial charge is 0.481 e. The molecule has 2 heterocycles. The van der Waals surface area contributed by atoms with Gasteiger partial charge in [0.15, 0.2) is 8.32 Å². The molecule has 2 aromatic rings. The van der Waals surface area contributed by atoms with Gasteiger partial charge in [-0.25, -0.2) is 4.79 Å². The minimum atomic E-state index is -2.02. The number of nitrogens with one attached hydrogen (secondary N) is 1. The number of alkyl carbamates (subject to hydrolysis) is 1. The van der Waals surface area contributed by atoms with E-state index in [1.165, 1.54) is 5.57 Å². The Morgan fingerprint density at radius 2 is 1.80 bits per heavy atom. The van der Waals surface area contributed by atoms with Crippen molar-refractivity contribution >= 4 is 26.3 Å². The lowest BCUT2D eigenvalue weighted by Gasteiger charge is -2.44. The minimum Gasteiger partial charge on any atom is -0.481 e. The van der Waals surface area contributed by atoms with Crippen molar-refractivity contribution in [1.82, 2.24) is 20.3 Å². The Kier molecular flexibility index (Phi) is 14.0. The maximum Gasteiger partial charge on any atom is 0.407 e. The number of hydrogen-bond acceptors (Lipinski definition) is 8. The smallest absolute Gasteiger partial charge is 0.407 e. The van der Waals surface area contributed by atoms with E-state index < -0.39 is 20.4 Å². The molecule has 0 spiro atoms. The number of ether oxygens (including phenoxy) is 2. The molecule has 1 amide bonds. The van der Waals surface area contributed by atoms with Gasteiger partial charge in [0.1, 0.15) is 17.9 Å². The molecule has 1 saturated heterocycles. The predicted molar refractivity (Wildman–Crippen MR) is 211 cm³/mol. The van der Waals surface area contributed by atoms with E-state index in [4.69, 9.17) is 19.0 Å². The molecule has 12 heteroatoms. The summed E-state index contributed by atoms with van der Waals surface area (Å²) in [5.74, 6) is -0.00731. The number of benzene rings is 1. The number of carbonyl (C=O) groups is 3. The molecule has 1 aromatic heterocycles. The lowest BCUT2D eigenvalue weighted by molar-refractivity contribution is -0.160. The van der Waals surface area contributed by atoms with Crippen LogP contribution in [0, 0.1) is 23.7 Å². The third-order valence-corrected chi connectivity index (χ3v) is 16.4. The van der Waals surface area contributed by atoms with Gasteiger partial charge < -0.3 is 24.3 Å². The second-order valence-electron chi connectivity index (χ2n) is 17.3. The van der Waals surface area contributed by atoms with Crippen molar-refractivity contribution < 1.29 is 33.4 Å². The number of carbonyl (C=O) groups excluding carboxylic acids is 2. The number of carboxylic acids is 1. The maximum atomic E-state index is 13.3. The van der Waals surface area contributed by atoms with E-state index in [1.54, 1.807) is 0 Å². The topological polar surface area (TPSA) is 142 Å². The van der Waals surface area contributed by atoms with Crippen molar-refractivity contribution in [1.29, 1.82) is 0 Å². The zero-order valence-corrected chi connectivity index (χ0v) is 34.4. The molecule has 3 aliphatic rings. The fourth-order valence-corrected chi connectivity index (χ4v) is 9.26. The Bertz CT molecular complexity index is 1650. The first-order valence-electron chi connectivity index (χ1n) is 20.0. The number of carboxylic acid groups (broad SMARTS) is 1. The molecule has 5 rings (SSSR count). The van der Waals surface area contributed by atoms with Gasteiger partial charge >= 0.3 is 18.0 Å². The Labute approximate surface area is 322 Å². The fourth-order valence-electron chi connectivity index (χ4n) is 7.89. The number of nitrogens with zero attached hydrogens (tertiary/aromatic N) is 3. The Balaban J connectivity index is 1.13. The van der Waals surface area contributed by atoms with Crippen molar-refractivity contribution in [2.24, 2.45) is 23.7 Å². The molecule has 11 nitrogen and oxygen atoms in total. The molecule has 0 bridgehead atoms. The normalized spacial score (nSPS) is 25.7. The van der Waals surface area contributed by atoms with Crippen molar-refractivity contribution in [2.45, 2.75) is 148 Å². The highest BCUT2D eigenvalue weighted by Crippen LogP contribution is 2.45. The summed E-state index contributed by atoms with van der Waals surface area (Å²) < 4.78 is 20.6. The highest BCUT2D eigenvalue weighted by atomic mass is 28.4. The lowest BCUT2D eigenvalue weighted by Crippen LogP contribution is -2.47. The number of aryl methyl sites for hydroxylation is 1. The second-order valence-corrected chi connectivity index (χ2v) is 22.1. The number of aromatic nitrogens is 3. The molecule has 2 N–H and O–H groups in total. The summed E-state index contributed by atoms with van der Waals surface area (Å²) in [6, 6.07) is 7.91.